The van der Waals surface area contributed by atoms with Gasteiger partial charge >= 0.3 is 0 Å². The molecule has 130 valence electrons. The molecule has 0 bridgehead atoms. The fourth-order valence-electron chi connectivity index (χ4n) is 2.86. The molecule has 1 saturated heterocycles. The number of aromatic nitrogens is 2. The number of likely N-dealkylation sites (tertiary alicyclic amines) is 1. The number of nitrogens with zero attached hydrogens (tertiary/aromatic N) is 4. The molecule has 1 fully saturated rings. The van der Waals surface area contributed by atoms with Crippen LogP contribution in [0, 0.1) is 5.92 Å². The van der Waals surface area contributed by atoms with Crippen molar-refractivity contribution in [3.05, 3.63) is 18.0 Å². The summed E-state index contributed by atoms with van der Waals surface area (Å²) >= 11 is 0. The number of guanidine groups is 1. The third-order valence-corrected chi connectivity index (χ3v) is 4.26. The summed E-state index contributed by atoms with van der Waals surface area (Å²) in [6.07, 6.45) is 6.37. The second kappa shape index (κ2) is 8.91. The Balaban J connectivity index is 1.70. The van der Waals surface area contributed by atoms with Gasteiger partial charge < -0.3 is 15.0 Å². The highest BCUT2D eigenvalue weighted by atomic mass is 16.5. The van der Waals surface area contributed by atoms with E-state index in [4.69, 9.17) is 4.74 Å². The Bertz CT molecular complexity index is 497. The highest BCUT2D eigenvalue weighted by Gasteiger charge is 2.26. The van der Waals surface area contributed by atoms with E-state index in [1.807, 2.05) is 25.0 Å². The first-order valence-electron chi connectivity index (χ1n) is 8.62. The zero-order valence-corrected chi connectivity index (χ0v) is 15.0. The van der Waals surface area contributed by atoms with E-state index in [1.54, 1.807) is 0 Å². The van der Waals surface area contributed by atoms with E-state index in [9.17, 15) is 0 Å². The average molecular weight is 321 g/mol. The number of hydrogen-bond donors (Lipinski definition) is 1. The predicted molar refractivity (Wildman–Crippen MR) is 93.8 cm³/mol. The molecule has 1 aliphatic rings. The molecule has 1 N–H and O–H groups in total. The summed E-state index contributed by atoms with van der Waals surface area (Å²) in [6, 6.07) is 0. The van der Waals surface area contributed by atoms with Gasteiger partial charge in [0.2, 0.25) is 0 Å². The van der Waals surface area contributed by atoms with Crippen molar-refractivity contribution in [1.82, 2.24) is 20.0 Å². The topological polar surface area (TPSA) is 54.7 Å². The molecule has 0 amide bonds. The van der Waals surface area contributed by atoms with Gasteiger partial charge in [0, 0.05) is 52.5 Å². The van der Waals surface area contributed by atoms with Gasteiger partial charge in [0.1, 0.15) is 0 Å². The van der Waals surface area contributed by atoms with Gasteiger partial charge in [0.05, 0.1) is 12.8 Å². The molecule has 0 spiro atoms. The van der Waals surface area contributed by atoms with E-state index < -0.39 is 0 Å². The van der Waals surface area contributed by atoms with Crippen molar-refractivity contribution in [3.63, 3.8) is 0 Å². The zero-order valence-electron chi connectivity index (χ0n) is 15.0. The van der Waals surface area contributed by atoms with E-state index in [0.29, 0.717) is 11.8 Å². The molecule has 2 rings (SSSR count). The molecule has 2 heterocycles. The van der Waals surface area contributed by atoms with Gasteiger partial charge in [-0.15, -0.1) is 0 Å². The molecule has 1 aromatic heterocycles. The number of aryl methyl sites for hydroxylation is 1. The van der Waals surface area contributed by atoms with E-state index >= 15 is 0 Å². The molecule has 1 aliphatic heterocycles. The fourth-order valence-corrected chi connectivity index (χ4v) is 2.86. The first kappa shape index (κ1) is 17.8. The van der Waals surface area contributed by atoms with Crippen molar-refractivity contribution >= 4 is 5.96 Å². The zero-order chi connectivity index (χ0) is 16.7. The lowest BCUT2D eigenvalue weighted by atomic mass is 10.0. The summed E-state index contributed by atoms with van der Waals surface area (Å²) in [7, 11) is 3.81. The van der Waals surface area contributed by atoms with E-state index in [0.717, 1.165) is 51.6 Å². The number of rotatable bonds is 7. The summed E-state index contributed by atoms with van der Waals surface area (Å²) in [5, 5.41) is 7.68. The first-order valence-corrected chi connectivity index (χ1v) is 8.62. The molecule has 0 aliphatic carbocycles. The molecule has 6 nitrogen and oxygen atoms in total. The molecular formula is C17H31N5O. The molecular weight excluding hydrogens is 290 g/mol. The SMILES string of the molecule is CN=C(NCCOCCC(C)C)N1CCC(c2cnn(C)c2)C1. The molecule has 0 aromatic carbocycles. The third kappa shape index (κ3) is 5.53. The normalized spacial score (nSPS) is 18.9. The van der Waals surface area contributed by atoms with Crippen LogP contribution in [-0.4, -0.2) is 60.5 Å². The van der Waals surface area contributed by atoms with Crippen LogP contribution in [0.5, 0.6) is 0 Å². The smallest absolute Gasteiger partial charge is 0.193 e. The van der Waals surface area contributed by atoms with Crippen molar-refractivity contribution in [2.24, 2.45) is 18.0 Å². The molecule has 1 atom stereocenters. The van der Waals surface area contributed by atoms with Crippen molar-refractivity contribution in [2.75, 3.05) is 39.9 Å². The van der Waals surface area contributed by atoms with Crippen LogP contribution >= 0.6 is 0 Å². The molecule has 1 aromatic rings. The van der Waals surface area contributed by atoms with Crippen molar-refractivity contribution in [3.8, 4) is 0 Å². The Morgan fingerprint density at radius 3 is 2.96 bits per heavy atom. The lowest BCUT2D eigenvalue weighted by molar-refractivity contribution is 0.127. The van der Waals surface area contributed by atoms with Gasteiger partial charge in [0.15, 0.2) is 5.96 Å². The highest BCUT2D eigenvalue weighted by molar-refractivity contribution is 5.80. The standard InChI is InChI=1S/C17H31N5O/c1-14(2)6-9-23-10-7-19-17(18-3)22-8-5-15(13-22)16-11-20-21(4)12-16/h11-12,14-15H,5-10,13H2,1-4H3,(H,18,19). The highest BCUT2D eigenvalue weighted by Crippen LogP contribution is 2.26. The van der Waals surface area contributed by atoms with Gasteiger partial charge in [-0.25, -0.2) is 0 Å². The lowest BCUT2D eigenvalue weighted by Gasteiger charge is -2.21. The Kier molecular flexibility index (Phi) is 6.89. The maximum Gasteiger partial charge on any atom is 0.193 e. The van der Waals surface area contributed by atoms with Gasteiger partial charge in [-0.2, -0.15) is 5.10 Å². The van der Waals surface area contributed by atoms with Crippen LogP contribution in [-0.2, 0) is 11.8 Å². The van der Waals surface area contributed by atoms with Crippen molar-refractivity contribution in [2.45, 2.75) is 32.6 Å². The summed E-state index contributed by atoms with van der Waals surface area (Å²) in [6.45, 7) is 8.84. The Morgan fingerprint density at radius 1 is 1.48 bits per heavy atom. The summed E-state index contributed by atoms with van der Waals surface area (Å²) < 4.78 is 7.52. The summed E-state index contributed by atoms with van der Waals surface area (Å²) in [4.78, 5) is 6.73. The minimum absolute atomic E-state index is 0.546. The van der Waals surface area contributed by atoms with E-state index in [2.05, 4.69) is 40.4 Å². The maximum absolute atomic E-state index is 5.65. The minimum Gasteiger partial charge on any atom is -0.380 e. The molecule has 1 unspecified atom stereocenters. The third-order valence-electron chi connectivity index (χ3n) is 4.26. The van der Waals surface area contributed by atoms with Crippen LogP contribution < -0.4 is 5.32 Å². The molecule has 0 saturated carbocycles. The van der Waals surface area contributed by atoms with E-state index in [-0.39, 0.29) is 0 Å². The van der Waals surface area contributed by atoms with Gasteiger partial charge in [0.25, 0.3) is 0 Å². The van der Waals surface area contributed by atoms with Crippen molar-refractivity contribution < 1.29 is 4.74 Å². The van der Waals surface area contributed by atoms with E-state index in [1.165, 1.54) is 5.56 Å². The molecule has 6 heteroatoms. The predicted octanol–water partition coefficient (Wildman–Crippen LogP) is 1.85. The van der Waals surface area contributed by atoms with Gasteiger partial charge in [-0.05, 0) is 24.3 Å². The number of nitrogens with one attached hydrogen (secondary N) is 1. The maximum atomic E-state index is 5.65. The summed E-state index contributed by atoms with van der Waals surface area (Å²) in [5.74, 6) is 2.22. The second-order valence-corrected chi connectivity index (χ2v) is 6.65. The quantitative estimate of drug-likeness (QED) is 0.473. The largest absolute Gasteiger partial charge is 0.380 e. The fraction of sp³-hybridized carbons (Fsp3) is 0.765. The van der Waals surface area contributed by atoms with Crippen LogP contribution in [0.3, 0.4) is 0 Å². The monoisotopic (exact) mass is 321 g/mol. The Labute approximate surface area is 139 Å². The van der Waals surface area contributed by atoms with Crippen LogP contribution in [0.2, 0.25) is 0 Å². The van der Waals surface area contributed by atoms with Crippen LogP contribution in [0.25, 0.3) is 0 Å². The number of aliphatic imine (C=N–C) groups is 1. The molecule has 23 heavy (non-hydrogen) atoms. The van der Waals surface area contributed by atoms with Gasteiger partial charge in [-0.3, -0.25) is 9.67 Å². The Hall–Kier alpha value is -1.56. The lowest BCUT2D eigenvalue weighted by Crippen LogP contribution is -2.41. The van der Waals surface area contributed by atoms with Crippen molar-refractivity contribution in [1.29, 1.82) is 0 Å². The Morgan fingerprint density at radius 2 is 2.30 bits per heavy atom. The van der Waals surface area contributed by atoms with Crippen LogP contribution in [0.4, 0.5) is 0 Å². The molecule has 0 radical (unpaired) electrons. The average Bonchev–Trinajstić information content (AvgIpc) is 3.15. The van der Waals surface area contributed by atoms with Gasteiger partial charge in [-0.1, -0.05) is 13.8 Å². The second-order valence-electron chi connectivity index (χ2n) is 6.65. The van der Waals surface area contributed by atoms with Crippen LogP contribution in [0.1, 0.15) is 38.2 Å². The summed E-state index contributed by atoms with van der Waals surface area (Å²) in [5.41, 5.74) is 1.32. The number of ether oxygens (including phenoxy) is 1. The minimum atomic E-state index is 0.546. The number of hydrogen-bond acceptors (Lipinski definition) is 3. The first-order chi connectivity index (χ1) is 11.1. The van der Waals surface area contributed by atoms with Crippen LogP contribution in [0.15, 0.2) is 17.4 Å².